The first-order valence-electron chi connectivity index (χ1n) is 5.50. The van der Waals surface area contributed by atoms with E-state index in [1.807, 2.05) is 6.07 Å². The Balaban J connectivity index is 2.39. The zero-order valence-corrected chi connectivity index (χ0v) is 10.2. The molecule has 2 aromatic carbocycles. The van der Waals surface area contributed by atoms with Crippen molar-refractivity contribution >= 4 is 11.6 Å². The molecule has 0 nitrogen and oxygen atoms in total. The molecule has 0 fully saturated rings. The Bertz CT molecular complexity index is 567. The number of hydrogen-bond acceptors (Lipinski definition) is 0. The average Bonchev–Trinajstić information content (AvgIpc) is 2.49. The monoisotopic (exact) mass is 228 g/mol. The van der Waals surface area contributed by atoms with E-state index in [1.54, 1.807) is 0 Å². The van der Waals surface area contributed by atoms with E-state index < -0.39 is 0 Å². The van der Waals surface area contributed by atoms with Gasteiger partial charge in [-0.25, -0.2) is 0 Å². The van der Waals surface area contributed by atoms with Gasteiger partial charge < -0.3 is 0 Å². The first-order chi connectivity index (χ1) is 7.60. The molecule has 0 amide bonds. The second-order valence-electron chi connectivity index (χ2n) is 4.86. The molecule has 1 aliphatic carbocycles. The van der Waals surface area contributed by atoms with Crippen LogP contribution in [0.15, 0.2) is 42.5 Å². The van der Waals surface area contributed by atoms with Crippen LogP contribution in [0.4, 0.5) is 0 Å². The Kier molecular flexibility index (Phi) is 1.93. The highest BCUT2D eigenvalue weighted by molar-refractivity contribution is 6.30. The van der Waals surface area contributed by atoms with Crippen molar-refractivity contribution in [2.24, 2.45) is 0 Å². The van der Waals surface area contributed by atoms with E-state index in [9.17, 15) is 0 Å². The van der Waals surface area contributed by atoms with E-state index in [1.165, 1.54) is 22.3 Å². The number of benzene rings is 2. The first-order valence-corrected chi connectivity index (χ1v) is 5.88. The maximum absolute atomic E-state index is 6.09. The molecule has 0 heterocycles. The molecule has 0 aliphatic heterocycles. The summed E-state index contributed by atoms with van der Waals surface area (Å²) in [6, 6.07) is 14.8. The van der Waals surface area contributed by atoms with Gasteiger partial charge in [0.25, 0.3) is 0 Å². The third-order valence-corrected chi connectivity index (χ3v) is 3.78. The minimum Gasteiger partial charge on any atom is -0.0843 e. The van der Waals surface area contributed by atoms with Crippen molar-refractivity contribution in [2.45, 2.75) is 19.3 Å². The molecule has 3 rings (SSSR count). The average molecular weight is 229 g/mol. The van der Waals surface area contributed by atoms with Crippen LogP contribution in [0.5, 0.6) is 0 Å². The highest BCUT2D eigenvalue weighted by Gasteiger charge is 2.34. The van der Waals surface area contributed by atoms with Crippen LogP contribution >= 0.6 is 11.6 Å². The van der Waals surface area contributed by atoms with E-state index in [4.69, 9.17) is 11.6 Å². The van der Waals surface area contributed by atoms with Gasteiger partial charge in [-0.1, -0.05) is 55.8 Å². The Hall–Kier alpha value is -1.27. The summed E-state index contributed by atoms with van der Waals surface area (Å²) in [6.45, 7) is 4.52. The lowest BCUT2D eigenvalue weighted by atomic mass is 9.82. The van der Waals surface area contributed by atoms with Gasteiger partial charge in [-0.3, -0.25) is 0 Å². The highest BCUT2D eigenvalue weighted by Crippen LogP contribution is 2.48. The lowest BCUT2D eigenvalue weighted by molar-refractivity contribution is 0.660. The molecule has 1 aliphatic rings. The van der Waals surface area contributed by atoms with Crippen molar-refractivity contribution in [1.82, 2.24) is 0 Å². The molecular formula is C15H13Cl. The van der Waals surface area contributed by atoms with Crippen LogP contribution in [0.3, 0.4) is 0 Å². The maximum atomic E-state index is 6.09. The standard InChI is InChI=1S/C15H13Cl/c1-15(2)13-6-4-3-5-11(13)12-8-7-10(16)9-14(12)15/h3-9H,1-2H3. The van der Waals surface area contributed by atoms with Gasteiger partial charge in [0.2, 0.25) is 0 Å². The van der Waals surface area contributed by atoms with Gasteiger partial charge in [0.15, 0.2) is 0 Å². The number of hydrogen-bond donors (Lipinski definition) is 0. The van der Waals surface area contributed by atoms with E-state index in [-0.39, 0.29) is 5.41 Å². The molecule has 0 unspecified atom stereocenters. The topological polar surface area (TPSA) is 0 Å². The largest absolute Gasteiger partial charge is 0.0843 e. The summed E-state index contributed by atoms with van der Waals surface area (Å²) in [5, 5.41) is 0.819. The molecule has 0 saturated heterocycles. The fraction of sp³-hybridized carbons (Fsp3) is 0.200. The highest BCUT2D eigenvalue weighted by atomic mass is 35.5. The summed E-state index contributed by atoms with van der Waals surface area (Å²) in [5.41, 5.74) is 5.47. The summed E-state index contributed by atoms with van der Waals surface area (Å²) in [4.78, 5) is 0. The predicted octanol–water partition coefficient (Wildman–Crippen LogP) is 4.65. The molecule has 80 valence electrons. The van der Waals surface area contributed by atoms with Crippen LogP contribution < -0.4 is 0 Å². The number of rotatable bonds is 0. The molecule has 0 saturated carbocycles. The molecule has 2 aromatic rings. The van der Waals surface area contributed by atoms with Crippen LogP contribution in [-0.4, -0.2) is 0 Å². The van der Waals surface area contributed by atoms with Gasteiger partial charge in [0.1, 0.15) is 0 Å². The van der Waals surface area contributed by atoms with Crippen molar-refractivity contribution in [1.29, 1.82) is 0 Å². The van der Waals surface area contributed by atoms with Crippen LogP contribution in [0.1, 0.15) is 25.0 Å². The van der Waals surface area contributed by atoms with Gasteiger partial charge in [-0.05, 0) is 34.4 Å². The molecule has 0 atom stereocenters. The van der Waals surface area contributed by atoms with Gasteiger partial charge in [-0.2, -0.15) is 0 Å². The Morgan fingerprint density at radius 2 is 1.56 bits per heavy atom. The molecule has 0 bridgehead atoms. The maximum Gasteiger partial charge on any atom is 0.0409 e. The Morgan fingerprint density at radius 1 is 0.875 bits per heavy atom. The Labute approximate surface area is 101 Å². The van der Waals surface area contributed by atoms with E-state index in [2.05, 4.69) is 50.2 Å². The summed E-state index contributed by atoms with van der Waals surface area (Å²) >= 11 is 6.09. The lowest BCUT2D eigenvalue weighted by Gasteiger charge is -2.21. The molecule has 0 radical (unpaired) electrons. The van der Waals surface area contributed by atoms with Crippen LogP contribution in [0.25, 0.3) is 11.1 Å². The quantitative estimate of drug-likeness (QED) is 0.616. The smallest absolute Gasteiger partial charge is 0.0409 e. The van der Waals surface area contributed by atoms with E-state index in [0.29, 0.717) is 0 Å². The molecule has 0 N–H and O–H groups in total. The summed E-state index contributed by atoms with van der Waals surface area (Å²) in [6.07, 6.45) is 0. The van der Waals surface area contributed by atoms with Gasteiger partial charge in [-0.15, -0.1) is 0 Å². The van der Waals surface area contributed by atoms with Crippen LogP contribution in [0, 0.1) is 0 Å². The van der Waals surface area contributed by atoms with E-state index >= 15 is 0 Å². The zero-order valence-electron chi connectivity index (χ0n) is 9.42. The van der Waals surface area contributed by atoms with E-state index in [0.717, 1.165) is 5.02 Å². The van der Waals surface area contributed by atoms with Crippen molar-refractivity contribution in [3.8, 4) is 11.1 Å². The van der Waals surface area contributed by atoms with Crippen LogP contribution in [0.2, 0.25) is 5.02 Å². The normalized spacial score (nSPS) is 15.7. The minimum atomic E-state index is 0.0663. The predicted molar refractivity (Wildman–Crippen MR) is 69.0 cm³/mol. The second-order valence-corrected chi connectivity index (χ2v) is 5.30. The van der Waals surface area contributed by atoms with Crippen molar-refractivity contribution in [3.05, 3.63) is 58.6 Å². The van der Waals surface area contributed by atoms with Crippen molar-refractivity contribution in [3.63, 3.8) is 0 Å². The van der Waals surface area contributed by atoms with Gasteiger partial charge in [0, 0.05) is 10.4 Å². The van der Waals surface area contributed by atoms with Gasteiger partial charge in [0.05, 0.1) is 0 Å². The van der Waals surface area contributed by atoms with Gasteiger partial charge >= 0.3 is 0 Å². The SMILES string of the molecule is CC1(C)c2ccccc2-c2ccc(Cl)cc21. The summed E-state index contributed by atoms with van der Waals surface area (Å²) in [5.74, 6) is 0. The third-order valence-electron chi connectivity index (χ3n) is 3.55. The van der Waals surface area contributed by atoms with Crippen molar-refractivity contribution < 1.29 is 0 Å². The minimum absolute atomic E-state index is 0.0663. The number of halogens is 1. The fourth-order valence-corrected chi connectivity index (χ4v) is 2.85. The lowest BCUT2D eigenvalue weighted by Crippen LogP contribution is -2.14. The first kappa shape index (κ1) is 9.92. The van der Waals surface area contributed by atoms with Crippen molar-refractivity contribution in [2.75, 3.05) is 0 Å². The summed E-state index contributed by atoms with van der Waals surface area (Å²) in [7, 11) is 0. The molecule has 0 spiro atoms. The second kappa shape index (κ2) is 3.11. The molecular weight excluding hydrogens is 216 g/mol. The fourth-order valence-electron chi connectivity index (χ4n) is 2.68. The molecule has 1 heteroatoms. The third kappa shape index (κ3) is 1.17. The van der Waals surface area contributed by atoms with Crippen LogP contribution in [-0.2, 0) is 5.41 Å². The molecule has 16 heavy (non-hydrogen) atoms. The zero-order chi connectivity index (χ0) is 11.3. The summed E-state index contributed by atoms with van der Waals surface area (Å²) < 4.78 is 0. The number of fused-ring (bicyclic) bond motifs is 3. The molecule has 0 aromatic heterocycles. The Morgan fingerprint density at radius 3 is 2.38 bits per heavy atom.